The van der Waals surface area contributed by atoms with E-state index in [0.29, 0.717) is 6.54 Å². The first-order valence-corrected chi connectivity index (χ1v) is 8.88. The lowest BCUT2D eigenvalue weighted by atomic mass is 10.0. The molecule has 5 nitrogen and oxygen atoms in total. The van der Waals surface area contributed by atoms with Crippen molar-refractivity contribution in [2.75, 3.05) is 6.54 Å². The van der Waals surface area contributed by atoms with Gasteiger partial charge in [0.1, 0.15) is 6.61 Å². The summed E-state index contributed by atoms with van der Waals surface area (Å²) >= 11 is 0. The first kappa shape index (κ1) is 18.5. The van der Waals surface area contributed by atoms with Crippen molar-refractivity contribution in [3.8, 4) is 0 Å². The van der Waals surface area contributed by atoms with Crippen LogP contribution in [0.2, 0.25) is 0 Å². The van der Waals surface area contributed by atoms with E-state index in [9.17, 15) is 9.59 Å². The maximum absolute atomic E-state index is 11.9. The Hall–Kier alpha value is -1.88. The molecule has 0 spiro atoms. The Morgan fingerprint density at radius 1 is 1.21 bits per heavy atom. The van der Waals surface area contributed by atoms with Gasteiger partial charge in [0.05, 0.1) is 12.5 Å². The molecule has 5 heteroatoms. The molecule has 132 valence electrons. The SMILES string of the molecule is N[C@@H](CC(=O)OCc1ccccc1)C(=O)NCCCC1CCCC1. The highest BCUT2D eigenvalue weighted by molar-refractivity contribution is 5.86. The highest BCUT2D eigenvalue weighted by atomic mass is 16.5. The third-order valence-electron chi connectivity index (χ3n) is 4.53. The fourth-order valence-corrected chi connectivity index (χ4v) is 3.10. The lowest BCUT2D eigenvalue weighted by Crippen LogP contribution is -2.42. The van der Waals surface area contributed by atoms with Gasteiger partial charge in [0.25, 0.3) is 0 Å². The van der Waals surface area contributed by atoms with Gasteiger partial charge in [-0.1, -0.05) is 56.0 Å². The molecule has 1 aliphatic rings. The summed E-state index contributed by atoms with van der Waals surface area (Å²) in [7, 11) is 0. The van der Waals surface area contributed by atoms with E-state index in [1.54, 1.807) is 0 Å². The first-order valence-electron chi connectivity index (χ1n) is 8.88. The molecule has 0 aliphatic heterocycles. The molecule has 0 bridgehead atoms. The standard InChI is InChI=1S/C19H28N2O3/c20-17(13-18(22)24-14-16-9-2-1-3-10-16)19(23)21-12-6-11-15-7-4-5-8-15/h1-3,9-10,15,17H,4-8,11-14,20H2,(H,21,23)/t17-/m0/s1. The minimum atomic E-state index is -0.847. The number of ether oxygens (including phenoxy) is 1. The van der Waals surface area contributed by atoms with Crippen LogP contribution in [0.4, 0.5) is 0 Å². The van der Waals surface area contributed by atoms with E-state index in [2.05, 4.69) is 5.32 Å². The van der Waals surface area contributed by atoms with Crippen molar-refractivity contribution in [1.29, 1.82) is 0 Å². The van der Waals surface area contributed by atoms with Crippen molar-refractivity contribution >= 4 is 11.9 Å². The van der Waals surface area contributed by atoms with Gasteiger partial charge in [0, 0.05) is 6.54 Å². The molecule has 0 saturated heterocycles. The highest BCUT2D eigenvalue weighted by Gasteiger charge is 2.19. The van der Waals surface area contributed by atoms with Crippen LogP contribution in [0.1, 0.15) is 50.5 Å². The van der Waals surface area contributed by atoms with Crippen molar-refractivity contribution in [3.05, 3.63) is 35.9 Å². The van der Waals surface area contributed by atoms with Crippen LogP contribution in [0.5, 0.6) is 0 Å². The normalized spacial score (nSPS) is 15.9. The fourth-order valence-electron chi connectivity index (χ4n) is 3.10. The molecule has 1 saturated carbocycles. The van der Waals surface area contributed by atoms with Crippen LogP contribution in [0, 0.1) is 5.92 Å². The largest absolute Gasteiger partial charge is 0.461 e. The van der Waals surface area contributed by atoms with Crippen molar-refractivity contribution in [1.82, 2.24) is 5.32 Å². The number of nitrogens with two attached hydrogens (primary N) is 1. The van der Waals surface area contributed by atoms with Crippen molar-refractivity contribution in [3.63, 3.8) is 0 Å². The summed E-state index contributed by atoms with van der Waals surface area (Å²) in [6.45, 7) is 0.831. The van der Waals surface area contributed by atoms with Gasteiger partial charge in [0.2, 0.25) is 5.91 Å². The zero-order valence-corrected chi connectivity index (χ0v) is 14.2. The molecule has 1 fully saturated rings. The summed E-state index contributed by atoms with van der Waals surface area (Å²) in [6.07, 6.45) is 7.36. The van der Waals surface area contributed by atoms with Crippen LogP contribution < -0.4 is 11.1 Å². The van der Waals surface area contributed by atoms with Crippen molar-refractivity contribution < 1.29 is 14.3 Å². The van der Waals surface area contributed by atoms with Crippen LogP contribution in [-0.2, 0) is 20.9 Å². The molecule has 24 heavy (non-hydrogen) atoms. The van der Waals surface area contributed by atoms with Crippen LogP contribution in [0.15, 0.2) is 30.3 Å². The minimum Gasteiger partial charge on any atom is -0.461 e. The second kappa shape index (κ2) is 10.1. The fraction of sp³-hybridized carbons (Fsp3) is 0.579. The molecule has 1 aliphatic carbocycles. The Balaban J connectivity index is 1.57. The minimum absolute atomic E-state index is 0.0959. The van der Waals surface area contributed by atoms with Gasteiger partial charge < -0.3 is 15.8 Å². The number of hydrogen-bond acceptors (Lipinski definition) is 4. The molecule has 0 aromatic heterocycles. The molecular formula is C19H28N2O3. The van der Waals surface area contributed by atoms with E-state index in [1.807, 2.05) is 30.3 Å². The van der Waals surface area contributed by atoms with Crippen LogP contribution in [0.3, 0.4) is 0 Å². The van der Waals surface area contributed by atoms with Crippen LogP contribution in [-0.4, -0.2) is 24.5 Å². The van der Waals surface area contributed by atoms with E-state index in [-0.39, 0.29) is 18.9 Å². The Labute approximate surface area is 143 Å². The van der Waals surface area contributed by atoms with Gasteiger partial charge in [-0.15, -0.1) is 0 Å². The molecule has 1 amide bonds. The Morgan fingerprint density at radius 3 is 2.62 bits per heavy atom. The summed E-state index contributed by atoms with van der Waals surface area (Å²) in [6, 6.07) is 8.58. The summed E-state index contributed by atoms with van der Waals surface area (Å²) in [4.78, 5) is 23.7. The van der Waals surface area contributed by atoms with Crippen LogP contribution >= 0.6 is 0 Å². The average molecular weight is 332 g/mol. The molecule has 3 N–H and O–H groups in total. The number of esters is 1. The van der Waals surface area contributed by atoms with Gasteiger partial charge in [-0.25, -0.2) is 0 Å². The number of hydrogen-bond donors (Lipinski definition) is 2. The monoisotopic (exact) mass is 332 g/mol. The molecule has 0 unspecified atom stereocenters. The predicted molar refractivity (Wildman–Crippen MR) is 93.0 cm³/mol. The quantitative estimate of drug-likeness (QED) is 0.538. The maximum Gasteiger partial charge on any atom is 0.308 e. The zero-order valence-electron chi connectivity index (χ0n) is 14.2. The van der Waals surface area contributed by atoms with Gasteiger partial charge >= 0.3 is 5.97 Å². The van der Waals surface area contributed by atoms with Crippen molar-refractivity contribution in [2.24, 2.45) is 11.7 Å². The average Bonchev–Trinajstić information content (AvgIpc) is 3.11. The van der Waals surface area contributed by atoms with E-state index in [1.165, 1.54) is 25.7 Å². The van der Waals surface area contributed by atoms with Gasteiger partial charge in [0.15, 0.2) is 0 Å². The number of carbonyl (C=O) groups excluding carboxylic acids is 2. The summed E-state index contributed by atoms with van der Waals surface area (Å²) in [5, 5.41) is 2.81. The Kier molecular flexibility index (Phi) is 7.75. The molecule has 1 aromatic rings. The van der Waals surface area contributed by atoms with Gasteiger partial charge in [-0.05, 0) is 24.3 Å². The number of benzene rings is 1. The molecule has 2 rings (SSSR count). The van der Waals surface area contributed by atoms with Crippen molar-refractivity contribution in [2.45, 2.75) is 57.6 Å². The summed E-state index contributed by atoms with van der Waals surface area (Å²) in [5.41, 5.74) is 6.69. The topological polar surface area (TPSA) is 81.4 Å². The third kappa shape index (κ3) is 6.71. The first-order chi connectivity index (χ1) is 11.6. The van der Waals surface area contributed by atoms with E-state index >= 15 is 0 Å². The predicted octanol–water partition coefficient (Wildman–Crippen LogP) is 2.53. The Morgan fingerprint density at radius 2 is 1.92 bits per heavy atom. The Bertz CT molecular complexity index is 513. The molecular weight excluding hydrogens is 304 g/mol. The number of carbonyl (C=O) groups is 2. The molecule has 0 radical (unpaired) electrons. The zero-order chi connectivity index (χ0) is 17.2. The second-order valence-corrected chi connectivity index (χ2v) is 6.54. The second-order valence-electron chi connectivity index (χ2n) is 6.54. The lowest BCUT2D eigenvalue weighted by Gasteiger charge is -2.13. The maximum atomic E-state index is 11.9. The smallest absolute Gasteiger partial charge is 0.308 e. The van der Waals surface area contributed by atoms with E-state index in [4.69, 9.17) is 10.5 Å². The van der Waals surface area contributed by atoms with Crippen LogP contribution in [0.25, 0.3) is 0 Å². The summed E-state index contributed by atoms with van der Waals surface area (Å²) in [5.74, 6) is 0.0917. The van der Waals surface area contributed by atoms with E-state index in [0.717, 1.165) is 24.3 Å². The number of amides is 1. The van der Waals surface area contributed by atoms with Gasteiger partial charge in [-0.2, -0.15) is 0 Å². The third-order valence-corrected chi connectivity index (χ3v) is 4.53. The molecule has 1 aromatic carbocycles. The number of nitrogens with one attached hydrogen (secondary N) is 1. The lowest BCUT2D eigenvalue weighted by molar-refractivity contribution is -0.146. The summed E-state index contributed by atoms with van der Waals surface area (Å²) < 4.78 is 5.14. The highest BCUT2D eigenvalue weighted by Crippen LogP contribution is 2.28. The molecule has 0 heterocycles. The van der Waals surface area contributed by atoms with E-state index < -0.39 is 12.0 Å². The van der Waals surface area contributed by atoms with Gasteiger partial charge in [-0.3, -0.25) is 9.59 Å². The number of rotatable bonds is 9. The molecule has 1 atom stereocenters.